The summed E-state index contributed by atoms with van der Waals surface area (Å²) in [5.41, 5.74) is 5.60. The Hall–Kier alpha value is -2.78. The average molecular weight is 462 g/mol. The third kappa shape index (κ3) is 5.87. The summed E-state index contributed by atoms with van der Waals surface area (Å²) >= 11 is 12.1. The number of carbonyl (C=O) groups excluding carboxylic acids is 1. The Labute approximate surface area is 182 Å². The largest absolute Gasteiger partial charge is 0.508 e. The molecule has 30 heavy (non-hydrogen) atoms. The van der Waals surface area contributed by atoms with Crippen molar-refractivity contribution in [2.75, 3.05) is 5.32 Å². The fourth-order valence-corrected chi connectivity index (χ4v) is 2.88. The number of rotatable bonds is 8. The number of hydrogen-bond donors (Lipinski definition) is 4. The summed E-state index contributed by atoms with van der Waals surface area (Å²) in [7, 11) is 0. The maximum absolute atomic E-state index is 14.2. The quantitative estimate of drug-likeness (QED) is 0.424. The van der Waals surface area contributed by atoms with Crippen LogP contribution in [0, 0.1) is 5.95 Å². The Balaban J connectivity index is 0.00000450. The second kappa shape index (κ2) is 10.3. The zero-order valence-electron chi connectivity index (χ0n) is 15.4. The smallest absolute Gasteiger partial charge is 0.326 e. The fraction of sp³-hybridized carbons (Fsp3) is 0.316. The lowest BCUT2D eigenvalue weighted by atomic mass is 10.0. The first-order valence-corrected chi connectivity index (χ1v) is 9.09. The Morgan fingerprint density at radius 3 is 2.47 bits per heavy atom. The van der Waals surface area contributed by atoms with E-state index in [0.29, 0.717) is 5.56 Å². The van der Waals surface area contributed by atoms with Crippen molar-refractivity contribution in [1.82, 2.24) is 4.98 Å². The molecule has 2 rings (SSSR count). The molecule has 1 atom stereocenters. The highest BCUT2D eigenvalue weighted by atomic mass is 35.5. The number of anilines is 1. The average Bonchev–Trinajstić information content (AvgIpc) is 2.63. The van der Waals surface area contributed by atoms with E-state index in [1.807, 2.05) is 13.8 Å². The van der Waals surface area contributed by atoms with Gasteiger partial charge < -0.3 is 26.0 Å². The number of phenols is 1. The number of aliphatic carboxylic acids is 1. The Bertz CT molecular complexity index is 956. The van der Waals surface area contributed by atoms with E-state index in [4.69, 9.17) is 33.7 Å². The second-order valence-corrected chi connectivity index (χ2v) is 7.15. The van der Waals surface area contributed by atoms with Crippen molar-refractivity contribution < 1.29 is 28.9 Å². The number of pyridine rings is 1. The van der Waals surface area contributed by atoms with E-state index in [0.717, 1.165) is 0 Å². The minimum absolute atomic E-state index is 0. The number of benzene rings is 1. The molecule has 1 heterocycles. The number of amides is 1. The van der Waals surface area contributed by atoms with Gasteiger partial charge in [-0.2, -0.15) is 9.37 Å². The number of nitrogens with zero attached hydrogens (tertiary/aromatic N) is 1. The van der Waals surface area contributed by atoms with Crippen LogP contribution in [-0.4, -0.2) is 33.1 Å². The lowest BCUT2D eigenvalue weighted by Gasteiger charge is -2.18. The molecule has 0 saturated carbocycles. The molecule has 0 radical (unpaired) electrons. The molecule has 164 valence electrons. The molecule has 0 spiro atoms. The van der Waals surface area contributed by atoms with Crippen LogP contribution in [0.5, 0.6) is 17.2 Å². The summed E-state index contributed by atoms with van der Waals surface area (Å²) in [5.74, 6) is -3.94. The Morgan fingerprint density at radius 1 is 1.30 bits per heavy atom. The van der Waals surface area contributed by atoms with E-state index >= 15 is 0 Å². The van der Waals surface area contributed by atoms with Gasteiger partial charge in [0.2, 0.25) is 11.9 Å². The highest BCUT2D eigenvalue weighted by Crippen LogP contribution is 2.42. The number of aromatic nitrogens is 1. The molecule has 5 N–H and O–H groups in total. The van der Waals surface area contributed by atoms with Crippen LogP contribution in [0.15, 0.2) is 18.2 Å². The topological polar surface area (TPSA) is 135 Å². The van der Waals surface area contributed by atoms with Crippen LogP contribution in [0.4, 0.5) is 10.2 Å². The van der Waals surface area contributed by atoms with Gasteiger partial charge in [0.15, 0.2) is 11.6 Å². The Morgan fingerprint density at radius 2 is 1.93 bits per heavy atom. The molecule has 1 aromatic carbocycles. The molecule has 0 bridgehead atoms. The molecular weight excluding hydrogens is 440 g/mol. The first-order chi connectivity index (χ1) is 13.5. The van der Waals surface area contributed by atoms with Crippen LogP contribution in [0.25, 0.3) is 0 Å². The summed E-state index contributed by atoms with van der Waals surface area (Å²) in [4.78, 5) is 25.8. The van der Waals surface area contributed by atoms with Gasteiger partial charge in [0.1, 0.15) is 27.6 Å². The molecular formula is C19H22Cl2FN3O5. The lowest BCUT2D eigenvalue weighted by Crippen LogP contribution is -2.34. The van der Waals surface area contributed by atoms with Crippen molar-refractivity contribution in [1.29, 1.82) is 0 Å². The van der Waals surface area contributed by atoms with Crippen molar-refractivity contribution in [3.63, 3.8) is 0 Å². The summed E-state index contributed by atoms with van der Waals surface area (Å²) in [6, 6.07) is 2.86. The van der Waals surface area contributed by atoms with Crippen LogP contribution < -0.4 is 15.8 Å². The third-order valence-electron chi connectivity index (χ3n) is 3.85. The number of nitrogens with two attached hydrogens (primary N) is 1. The number of hydrogen-bond acceptors (Lipinski definition) is 6. The SMILES string of the molecule is C.CC(C)c1cc(Oc2c(Cl)c(F)nc(N[C@H](CC(N)=O)C(=O)O)c2Cl)ccc1O. The van der Waals surface area contributed by atoms with E-state index in [-0.39, 0.29) is 41.4 Å². The van der Waals surface area contributed by atoms with E-state index in [1.54, 1.807) is 0 Å². The lowest BCUT2D eigenvalue weighted by molar-refractivity contribution is -0.139. The van der Waals surface area contributed by atoms with Crippen LogP contribution >= 0.6 is 23.2 Å². The number of nitrogens with one attached hydrogen (secondary N) is 1. The molecule has 0 unspecified atom stereocenters. The van der Waals surface area contributed by atoms with Crippen LogP contribution in [0.1, 0.15) is 39.2 Å². The summed E-state index contributed by atoms with van der Waals surface area (Å²) in [5, 5.41) is 20.6. The van der Waals surface area contributed by atoms with Gasteiger partial charge in [-0.3, -0.25) is 4.79 Å². The fourth-order valence-electron chi connectivity index (χ4n) is 2.42. The molecule has 8 nitrogen and oxygen atoms in total. The number of carboxylic acids is 1. The predicted molar refractivity (Wildman–Crippen MR) is 112 cm³/mol. The second-order valence-electron chi connectivity index (χ2n) is 6.39. The van der Waals surface area contributed by atoms with Crippen molar-refractivity contribution in [2.45, 2.75) is 39.7 Å². The van der Waals surface area contributed by atoms with Crippen molar-refractivity contribution >= 4 is 40.9 Å². The summed E-state index contributed by atoms with van der Waals surface area (Å²) < 4.78 is 19.8. The molecule has 0 fully saturated rings. The van der Waals surface area contributed by atoms with Gasteiger partial charge in [-0.25, -0.2) is 4.79 Å². The molecule has 1 aromatic heterocycles. The number of halogens is 3. The van der Waals surface area contributed by atoms with Gasteiger partial charge >= 0.3 is 5.97 Å². The number of aromatic hydroxyl groups is 1. The first kappa shape index (κ1) is 25.3. The van der Waals surface area contributed by atoms with E-state index in [2.05, 4.69) is 10.3 Å². The van der Waals surface area contributed by atoms with Crippen molar-refractivity contribution in [3.05, 3.63) is 39.8 Å². The highest BCUT2D eigenvalue weighted by molar-refractivity contribution is 6.38. The predicted octanol–water partition coefficient (Wildman–Crippen LogP) is 4.53. The minimum atomic E-state index is -1.49. The number of ether oxygens (including phenoxy) is 1. The highest BCUT2D eigenvalue weighted by Gasteiger charge is 2.26. The van der Waals surface area contributed by atoms with Gasteiger partial charge in [-0.1, -0.05) is 44.5 Å². The van der Waals surface area contributed by atoms with E-state index in [1.165, 1.54) is 18.2 Å². The van der Waals surface area contributed by atoms with Crippen molar-refractivity contribution in [3.8, 4) is 17.2 Å². The number of carboxylic acid groups (broad SMARTS) is 1. The molecule has 2 aromatic rings. The first-order valence-electron chi connectivity index (χ1n) is 8.34. The van der Waals surface area contributed by atoms with Gasteiger partial charge in [0.05, 0.1) is 6.42 Å². The zero-order chi connectivity index (χ0) is 21.9. The van der Waals surface area contributed by atoms with Gasteiger partial charge in [-0.05, 0) is 24.1 Å². The number of carbonyl (C=O) groups is 2. The third-order valence-corrected chi connectivity index (χ3v) is 4.53. The molecule has 1 amide bonds. The molecule has 0 aliphatic carbocycles. The number of primary amides is 1. The molecule has 0 aliphatic heterocycles. The summed E-state index contributed by atoms with van der Waals surface area (Å²) in [6.07, 6.45) is -0.580. The van der Waals surface area contributed by atoms with E-state index in [9.17, 15) is 24.2 Å². The van der Waals surface area contributed by atoms with Gasteiger partial charge in [0.25, 0.3) is 0 Å². The van der Waals surface area contributed by atoms with Crippen LogP contribution in [-0.2, 0) is 9.59 Å². The van der Waals surface area contributed by atoms with Crippen LogP contribution in [0.3, 0.4) is 0 Å². The molecule has 11 heteroatoms. The number of phenolic OH excluding ortho intramolecular Hbond substituents is 1. The summed E-state index contributed by atoms with van der Waals surface area (Å²) in [6.45, 7) is 3.72. The minimum Gasteiger partial charge on any atom is -0.508 e. The molecule has 0 saturated heterocycles. The normalized spacial score (nSPS) is 11.5. The van der Waals surface area contributed by atoms with Crippen LogP contribution in [0.2, 0.25) is 10.0 Å². The monoisotopic (exact) mass is 461 g/mol. The zero-order valence-corrected chi connectivity index (χ0v) is 16.9. The van der Waals surface area contributed by atoms with E-state index < -0.39 is 35.3 Å². The maximum atomic E-state index is 14.2. The standard InChI is InChI=1S/C18H18Cl2FN3O5.CH4/c1-7(2)9-5-8(3-4-11(9)25)29-15-13(19)16(21)24-17(14(15)20)23-10(18(27)28)6-12(22)26;/h3-5,7,10,25H,6H2,1-2H3,(H2,22,26)(H,23,24)(H,27,28);1H4/t10-;/m1./s1. The van der Waals surface area contributed by atoms with Crippen molar-refractivity contribution in [2.24, 2.45) is 5.73 Å². The van der Waals surface area contributed by atoms with Gasteiger partial charge in [-0.15, -0.1) is 0 Å². The maximum Gasteiger partial charge on any atom is 0.326 e. The molecule has 0 aliphatic rings. The Kier molecular flexibility index (Phi) is 8.68. The van der Waals surface area contributed by atoms with Gasteiger partial charge in [0, 0.05) is 5.56 Å².